The summed E-state index contributed by atoms with van der Waals surface area (Å²) in [4.78, 5) is 12.2. The predicted molar refractivity (Wildman–Crippen MR) is 84.3 cm³/mol. The maximum atomic E-state index is 12.5. The summed E-state index contributed by atoms with van der Waals surface area (Å²) in [5.74, 6) is -1.50. The Bertz CT molecular complexity index is 966. The third-order valence-electron chi connectivity index (χ3n) is 3.65. The van der Waals surface area contributed by atoms with Gasteiger partial charge in [-0.05, 0) is 30.3 Å². The van der Waals surface area contributed by atoms with E-state index in [1.165, 1.54) is 24.5 Å². The molecule has 128 valence electrons. The molecule has 0 unspecified atom stereocenters. The van der Waals surface area contributed by atoms with Crippen LogP contribution in [0.5, 0.6) is 5.75 Å². The van der Waals surface area contributed by atoms with Gasteiger partial charge in [-0.1, -0.05) is 12.1 Å². The van der Waals surface area contributed by atoms with Gasteiger partial charge in [0, 0.05) is 11.6 Å². The van der Waals surface area contributed by atoms with Crippen molar-refractivity contribution < 1.29 is 32.6 Å². The fourth-order valence-corrected chi connectivity index (χ4v) is 2.34. The number of ketones is 1. The van der Waals surface area contributed by atoms with Gasteiger partial charge in [-0.3, -0.25) is 4.79 Å². The van der Waals surface area contributed by atoms with Crippen molar-refractivity contribution in [1.29, 1.82) is 0 Å². The molecule has 7 heteroatoms. The number of aliphatic hydroxyl groups is 1. The number of phenols is 1. The molecule has 0 radical (unpaired) electrons. The number of aromatic hydroxyl groups is 1. The summed E-state index contributed by atoms with van der Waals surface area (Å²) in [7, 11) is 0. The molecule has 0 aliphatic rings. The Morgan fingerprint density at radius 3 is 2.36 bits per heavy atom. The third kappa shape index (κ3) is 3.21. The number of carbonyl (C=O) groups is 1. The van der Waals surface area contributed by atoms with Crippen LogP contribution in [-0.4, -0.2) is 16.0 Å². The minimum absolute atomic E-state index is 0.0465. The van der Waals surface area contributed by atoms with Crippen LogP contribution in [0.15, 0.2) is 59.2 Å². The topological polar surface area (TPSA) is 70.7 Å². The third-order valence-corrected chi connectivity index (χ3v) is 3.65. The number of hydrogen-bond donors (Lipinski definition) is 2. The first-order chi connectivity index (χ1) is 11.8. The quantitative estimate of drug-likeness (QED) is 0.400. The summed E-state index contributed by atoms with van der Waals surface area (Å²) in [5.41, 5.74) is -0.485. The Labute approximate surface area is 139 Å². The molecule has 0 amide bonds. The summed E-state index contributed by atoms with van der Waals surface area (Å²) in [6.07, 6.45) is -2.29. The number of rotatable bonds is 3. The summed E-state index contributed by atoms with van der Waals surface area (Å²) < 4.78 is 42.7. The molecule has 25 heavy (non-hydrogen) atoms. The normalized spacial score (nSPS) is 12.5. The summed E-state index contributed by atoms with van der Waals surface area (Å²) in [6, 6.07) is 8.03. The van der Waals surface area contributed by atoms with Crippen LogP contribution in [-0.2, 0) is 6.18 Å². The van der Waals surface area contributed by atoms with E-state index in [0.29, 0.717) is 11.0 Å². The van der Waals surface area contributed by atoms with Gasteiger partial charge in [-0.2, -0.15) is 13.2 Å². The van der Waals surface area contributed by atoms with Gasteiger partial charge in [0.05, 0.1) is 22.8 Å². The number of furan rings is 1. The summed E-state index contributed by atoms with van der Waals surface area (Å²) >= 11 is 0. The van der Waals surface area contributed by atoms with E-state index in [9.17, 15) is 28.2 Å². The van der Waals surface area contributed by atoms with Crippen molar-refractivity contribution in [3.8, 4) is 5.75 Å². The zero-order chi connectivity index (χ0) is 18.2. The van der Waals surface area contributed by atoms with Crippen LogP contribution in [0, 0.1) is 0 Å². The minimum Gasteiger partial charge on any atom is -0.507 e. The van der Waals surface area contributed by atoms with Gasteiger partial charge in [-0.25, -0.2) is 0 Å². The maximum Gasteiger partial charge on any atom is 0.416 e. The van der Waals surface area contributed by atoms with Gasteiger partial charge in [0.1, 0.15) is 17.1 Å². The first-order valence-electron chi connectivity index (χ1n) is 7.09. The second-order valence-corrected chi connectivity index (χ2v) is 5.26. The van der Waals surface area contributed by atoms with Crippen molar-refractivity contribution in [2.45, 2.75) is 6.18 Å². The van der Waals surface area contributed by atoms with E-state index < -0.39 is 23.3 Å². The fraction of sp³-hybridized carbons (Fsp3) is 0.0556. The molecular weight excluding hydrogens is 337 g/mol. The molecule has 2 N–H and O–H groups in total. The van der Waals surface area contributed by atoms with Crippen LogP contribution >= 0.6 is 0 Å². The second-order valence-electron chi connectivity index (χ2n) is 5.26. The number of carbonyl (C=O) groups excluding carboxylic acids is 1. The van der Waals surface area contributed by atoms with Gasteiger partial charge >= 0.3 is 6.18 Å². The first kappa shape index (κ1) is 16.6. The van der Waals surface area contributed by atoms with E-state index in [0.717, 1.165) is 30.3 Å². The number of alkyl halides is 3. The van der Waals surface area contributed by atoms with Crippen LogP contribution < -0.4 is 0 Å². The zero-order valence-corrected chi connectivity index (χ0v) is 12.5. The van der Waals surface area contributed by atoms with Gasteiger partial charge in [0.25, 0.3) is 0 Å². The SMILES string of the molecule is O=C(/C=C(\O)c1ccc(C(F)(F)F)cc1)c1ccc2occc2c1O. The predicted octanol–water partition coefficient (Wildman–Crippen LogP) is 4.94. The summed E-state index contributed by atoms with van der Waals surface area (Å²) in [6.45, 7) is 0. The molecule has 1 aromatic heterocycles. The Hall–Kier alpha value is -3.22. The Kier molecular flexibility index (Phi) is 4.00. The largest absolute Gasteiger partial charge is 0.507 e. The van der Waals surface area contributed by atoms with E-state index >= 15 is 0 Å². The number of hydrogen-bond acceptors (Lipinski definition) is 4. The lowest BCUT2D eigenvalue weighted by atomic mass is 10.0. The number of phenolic OH excluding ortho intramolecular Hbond substituents is 1. The van der Waals surface area contributed by atoms with Crippen molar-refractivity contribution in [3.05, 3.63) is 71.5 Å². The van der Waals surface area contributed by atoms with Gasteiger partial charge < -0.3 is 14.6 Å². The van der Waals surface area contributed by atoms with Crippen molar-refractivity contribution in [2.24, 2.45) is 0 Å². The molecule has 0 fully saturated rings. The van der Waals surface area contributed by atoms with Gasteiger partial charge in [-0.15, -0.1) is 0 Å². The molecular formula is C18H11F3O4. The Morgan fingerprint density at radius 2 is 1.72 bits per heavy atom. The number of allylic oxidation sites excluding steroid dienone is 1. The monoisotopic (exact) mass is 348 g/mol. The number of fused-ring (bicyclic) bond motifs is 1. The van der Waals surface area contributed by atoms with E-state index in [1.807, 2.05) is 0 Å². The molecule has 3 aromatic rings. The van der Waals surface area contributed by atoms with E-state index in [-0.39, 0.29) is 16.9 Å². The smallest absolute Gasteiger partial charge is 0.416 e. The Balaban J connectivity index is 1.90. The molecule has 2 aromatic carbocycles. The molecule has 3 rings (SSSR count). The molecule has 0 aliphatic heterocycles. The second kappa shape index (κ2) is 6.01. The highest BCUT2D eigenvalue weighted by molar-refractivity contribution is 6.12. The van der Waals surface area contributed by atoms with E-state index in [2.05, 4.69) is 0 Å². The lowest BCUT2D eigenvalue weighted by molar-refractivity contribution is -0.137. The van der Waals surface area contributed by atoms with E-state index in [1.54, 1.807) is 0 Å². The van der Waals surface area contributed by atoms with Gasteiger partial charge in [0.15, 0.2) is 5.78 Å². The average Bonchev–Trinajstić information content (AvgIpc) is 3.04. The van der Waals surface area contributed by atoms with Crippen LogP contribution in [0.4, 0.5) is 13.2 Å². The van der Waals surface area contributed by atoms with Crippen molar-refractivity contribution in [2.75, 3.05) is 0 Å². The molecule has 0 saturated carbocycles. The molecule has 0 aliphatic carbocycles. The zero-order valence-electron chi connectivity index (χ0n) is 12.5. The first-order valence-corrected chi connectivity index (χ1v) is 7.09. The molecule has 1 heterocycles. The van der Waals surface area contributed by atoms with Crippen molar-refractivity contribution in [1.82, 2.24) is 0 Å². The highest BCUT2D eigenvalue weighted by Gasteiger charge is 2.30. The number of halogens is 3. The fourth-order valence-electron chi connectivity index (χ4n) is 2.34. The molecule has 4 nitrogen and oxygen atoms in total. The molecule has 0 spiro atoms. The van der Waals surface area contributed by atoms with Crippen molar-refractivity contribution in [3.63, 3.8) is 0 Å². The van der Waals surface area contributed by atoms with Crippen LogP contribution in [0.25, 0.3) is 16.7 Å². The van der Waals surface area contributed by atoms with Crippen molar-refractivity contribution >= 4 is 22.5 Å². The lowest BCUT2D eigenvalue weighted by Gasteiger charge is -2.07. The maximum absolute atomic E-state index is 12.5. The molecule has 0 atom stereocenters. The lowest BCUT2D eigenvalue weighted by Crippen LogP contribution is -2.04. The van der Waals surface area contributed by atoms with Crippen LogP contribution in [0.1, 0.15) is 21.5 Å². The highest BCUT2D eigenvalue weighted by Crippen LogP contribution is 2.31. The van der Waals surface area contributed by atoms with Crippen LogP contribution in [0.2, 0.25) is 0 Å². The van der Waals surface area contributed by atoms with Gasteiger partial charge in [0.2, 0.25) is 0 Å². The Morgan fingerprint density at radius 1 is 1.04 bits per heavy atom. The number of benzene rings is 2. The minimum atomic E-state index is -4.49. The summed E-state index contributed by atoms with van der Waals surface area (Å²) in [5, 5.41) is 20.4. The van der Waals surface area contributed by atoms with E-state index in [4.69, 9.17) is 4.42 Å². The molecule has 0 saturated heterocycles. The van der Waals surface area contributed by atoms with Crippen LogP contribution in [0.3, 0.4) is 0 Å². The highest BCUT2D eigenvalue weighted by atomic mass is 19.4. The number of aliphatic hydroxyl groups excluding tert-OH is 1. The standard InChI is InChI=1S/C18H11F3O4/c19-18(20,21)11-3-1-10(2-4-11)14(22)9-15(23)12-5-6-16-13(17(12)24)7-8-25-16/h1-9,22,24H/b14-9-. The average molecular weight is 348 g/mol. The molecule has 0 bridgehead atoms.